The van der Waals surface area contributed by atoms with E-state index in [9.17, 15) is 30.8 Å². The van der Waals surface area contributed by atoms with Crippen molar-refractivity contribution in [3.63, 3.8) is 0 Å². The van der Waals surface area contributed by atoms with Gasteiger partial charge in [0.1, 0.15) is 24.0 Å². The van der Waals surface area contributed by atoms with Crippen LogP contribution >= 0.6 is 0 Å². The lowest BCUT2D eigenvalue weighted by molar-refractivity contribution is -0.617. The molecule has 4 aromatic rings. The summed E-state index contributed by atoms with van der Waals surface area (Å²) in [5, 5.41) is 0.0821. The van der Waals surface area contributed by atoms with Crippen LogP contribution in [0.4, 0.5) is 17.6 Å². The number of fused-ring (bicyclic) bond motifs is 2. The number of nitrogens with zero attached hydrogens (tertiary/aromatic N) is 1. The number of para-hydroxylation sites is 1. The fourth-order valence-electron chi connectivity index (χ4n) is 3.40. The third-order valence-electron chi connectivity index (χ3n) is 4.86. The molecule has 1 heterocycles. The highest BCUT2D eigenvalue weighted by Crippen LogP contribution is 2.36. The molecule has 0 atom stereocenters. The fourth-order valence-corrected chi connectivity index (χ4v) is 3.87. The number of carbonyl (C=O) groups excluding carboxylic acids is 1. The first-order valence-electron chi connectivity index (χ1n) is 9.31. The predicted molar refractivity (Wildman–Crippen MR) is 110 cm³/mol. The number of alkyl halides is 3. The molecule has 0 spiro atoms. The minimum atomic E-state index is -6.02. The van der Waals surface area contributed by atoms with Crippen molar-refractivity contribution in [1.82, 2.24) is 0 Å². The number of carbonyl (C=O) groups is 1. The second-order valence-electron chi connectivity index (χ2n) is 6.93. The van der Waals surface area contributed by atoms with E-state index in [4.69, 9.17) is 4.74 Å². The maximum Gasteiger partial charge on any atom is 0.534 e. The summed E-state index contributed by atoms with van der Waals surface area (Å²) < 4.78 is 86.9. The van der Waals surface area contributed by atoms with Gasteiger partial charge in [-0.05, 0) is 36.4 Å². The van der Waals surface area contributed by atoms with E-state index in [1.165, 1.54) is 30.3 Å². The van der Waals surface area contributed by atoms with Gasteiger partial charge in [-0.25, -0.2) is 9.18 Å². The predicted octanol–water partition coefficient (Wildman–Crippen LogP) is 4.40. The van der Waals surface area contributed by atoms with E-state index in [1.54, 1.807) is 29.8 Å². The number of benzene rings is 3. The molecular weight excluding hydrogens is 466 g/mol. The topological polar surface area (TPSA) is 73.5 Å². The third-order valence-corrected chi connectivity index (χ3v) is 5.83. The van der Waals surface area contributed by atoms with E-state index < -0.39 is 33.2 Å². The highest BCUT2D eigenvalue weighted by Gasteiger charge is 2.49. The molecule has 0 saturated heterocycles. The Balaban J connectivity index is 2.00. The van der Waals surface area contributed by atoms with Crippen LogP contribution in [-0.2, 0) is 17.2 Å². The summed E-state index contributed by atoms with van der Waals surface area (Å²) in [7, 11) is -4.42. The Morgan fingerprint density at radius 3 is 2.21 bits per heavy atom. The number of esters is 1. The molecule has 0 aliphatic carbocycles. The number of halogens is 4. The lowest BCUT2D eigenvalue weighted by Crippen LogP contribution is -2.32. The van der Waals surface area contributed by atoms with Crippen LogP contribution in [0.25, 0.3) is 21.8 Å². The van der Waals surface area contributed by atoms with Crippen LogP contribution < -0.4 is 13.5 Å². The molecule has 0 unspecified atom stereocenters. The van der Waals surface area contributed by atoms with E-state index in [0.717, 1.165) is 18.2 Å². The summed E-state index contributed by atoms with van der Waals surface area (Å²) in [6.45, 7) is 0. The van der Waals surface area contributed by atoms with Gasteiger partial charge in [0.25, 0.3) is 0 Å². The van der Waals surface area contributed by atoms with Crippen LogP contribution in [0.15, 0.2) is 66.7 Å². The Labute approximate surface area is 184 Å². The van der Waals surface area contributed by atoms with Gasteiger partial charge in [0, 0.05) is 12.1 Å². The summed E-state index contributed by atoms with van der Waals surface area (Å²) >= 11 is 0. The number of pyridine rings is 1. The minimum absolute atomic E-state index is 0.0202. The first-order valence-corrected chi connectivity index (χ1v) is 10.7. The zero-order chi connectivity index (χ0) is 24.0. The van der Waals surface area contributed by atoms with Gasteiger partial charge in [-0.15, -0.1) is 0 Å². The highest BCUT2D eigenvalue weighted by atomic mass is 32.2. The number of hydrogen-bond acceptors (Lipinski definition) is 5. The van der Waals surface area contributed by atoms with Crippen molar-refractivity contribution in [2.45, 2.75) is 5.51 Å². The van der Waals surface area contributed by atoms with E-state index in [-0.39, 0.29) is 27.6 Å². The molecule has 11 heteroatoms. The molecule has 0 N–H and O–H groups in total. The summed E-state index contributed by atoms with van der Waals surface area (Å²) in [6.07, 6.45) is 0. The Bertz CT molecular complexity index is 1500. The van der Waals surface area contributed by atoms with Gasteiger partial charge < -0.3 is 8.92 Å². The first kappa shape index (κ1) is 22.5. The van der Waals surface area contributed by atoms with Crippen LogP contribution in [0.5, 0.6) is 11.5 Å². The first-order chi connectivity index (χ1) is 15.5. The Kier molecular flexibility index (Phi) is 5.44. The second kappa shape index (κ2) is 8.00. The number of hydrogen-bond donors (Lipinski definition) is 0. The van der Waals surface area contributed by atoms with Crippen molar-refractivity contribution in [3.05, 3.63) is 78.1 Å². The maximum absolute atomic E-state index is 13.2. The summed E-state index contributed by atoms with van der Waals surface area (Å²) in [5.41, 5.74) is -5.15. The molecule has 0 saturated carbocycles. The summed E-state index contributed by atoms with van der Waals surface area (Å²) in [5.74, 6) is -2.28. The lowest BCUT2D eigenvalue weighted by Gasteiger charge is -2.14. The largest absolute Gasteiger partial charge is 0.534 e. The third kappa shape index (κ3) is 4.07. The van der Waals surface area contributed by atoms with Crippen molar-refractivity contribution in [3.8, 4) is 11.5 Å². The molecule has 33 heavy (non-hydrogen) atoms. The van der Waals surface area contributed by atoms with Crippen molar-refractivity contribution in [1.29, 1.82) is 0 Å². The molecule has 1 aromatic heterocycles. The molecule has 0 aliphatic heterocycles. The van der Waals surface area contributed by atoms with Crippen LogP contribution in [0.3, 0.4) is 0 Å². The molecule has 0 fully saturated rings. The molecular formula is C22H14F4NO5S+. The van der Waals surface area contributed by atoms with E-state index in [2.05, 4.69) is 4.18 Å². The molecule has 3 aromatic carbocycles. The second-order valence-corrected chi connectivity index (χ2v) is 8.47. The molecule has 0 amide bonds. The molecule has 0 radical (unpaired) electrons. The minimum Gasteiger partial charge on any atom is -0.423 e. The summed E-state index contributed by atoms with van der Waals surface area (Å²) in [6, 6.07) is 14.8. The van der Waals surface area contributed by atoms with Crippen molar-refractivity contribution < 1.29 is 44.3 Å². The van der Waals surface area contributed by atoms with E-state index in [0.29, 0.717) is 5.52 Å². The maximum atomic E-state index is 13.2. The van der Waals surface area contributed by atoms with Crippen molar-refractivity contribution in [2.75, 3.05) is 0 Å². The van der Waals surface area contributed by atoms with Crippen LogP contribution in [0.2, 0.25) is 0 Å². The Hall–Kier alpha value is -3.73. The number of aromatic nitrogens is 1. The average molecular weight is 480 g/mol. The Morgan fingerprint density at radius 2 is 1.55 bits per heavy atom. The van der Waals surface area contributed by atoms with E-state index in [1.807, 2.05) is 0 Å². The quantitative estimate of drug-likeness (QED) is 0.0824. The van der Waals surface area contributed by atoms with Crippen LogP contribution in [-0.4, -0.2) is 19.9 Å². The summed E-state index contributed by atoms with van der Waals surface area (Å²) in [4.78, 5) is 13.2. The lowest BCUT2D eigenvalue weighted by atomic mass is 10.0. The van der Waals surface area contributed by atoms with Gasteiger partial charge in [0.15, 0.2) is 5.75 Å². The van der Waals surface area contributed by atoms with E-state index >= 15 is 0 Å². The van der Waals surface area contributed by atoms with Gasteiger partial charge in [0.2, 0.25) is 11.0 Å². The molecule has 4 rings (SSSR count). The smallest absolute Gasteiger partial charge is 0.423 e. The SMILES string of the molecule is C[n+]1c2ccccc2c(C(=O)Oc2ccc(F)cc2)c2c(OS(=O)(=O)C(F)(F)F)cccc21. The number of rotatable bonds is 4. The number of aryl methyl sites for hydroxylation is 1. The molecule has 170 valence electrons. The van der Waals surface area contributed by atoms with Gasteiger partial charge >= 0.3 is 21.6 Å². The van der Waals surface area contributed by atoms with Crippen molar-refractivity contribution in [2.24, 2.45) is 7.05 Å². The fraction of sp³-hybridized carbons (Fsp3) is 0.0909. The highest BCUT2D eigenvalue weighted by molar-refractivity contribution is 7.88. The van der Waals surface area contributed by atoms with Gasteiger partial charge in [-0.2, -0.15) is 26.2 Å². The molecule has 6 nitrogen and oxygen atoms in total. The average Bonchev–Trinajstić information content (AvgIpc) is 2.75. The molecule has 0 aliphatic rings. The molecule has 0 bridgehead atoms. The van der Waals surface area contributed by atoms with Gasteiger partial charge in [0.05, 0.1) is 10.9 Å². The van der Waals surface area contributed by atoms with Crippen molar-refractivity contribution >= 4 is 37.9 Å². The zero-order valence-electron chi connectivity index (χ0n) is 16.8. The van der Waals surface area contributed by atoms with Gasteiger partial charge in [-0.1, -0.05) is 18.2 Å². The standard InChI is InChI=1S/C22H14F4NO5S/c1-27-16-6-3-2-5-15(16)19(21(28)31-14-11-9-13(23)10-12-14)20-17(27)7-4-8-18(20)32-33(29,30)22(24,25)26/h2-12H,1H3/q+1. The van der Waals surface area contributed by atoms with Crippen LogP contribution in [0, 0.1) is 5.82 Å². The Morgan fingerprint density at radius 1 is 0.909 bits per heavy atom. The van der Waals surface area contributed by atoms with Crippen LogP contribution in [0.1, 0.15) is 10.4 Å². The normalized spacial score (nSPS) is 12.2. The van der Waals surface area contributed by atoms with Gasteiger partial charge in [-0.3, -0.25) is 0 Å². The monoisotopic (exact) mass is 480 g/mol. The number of ether oxygens (including phenoxy) is 1. The zero-order valence-corrected chi connectivity index (χ0v) is 17.6.